The van der Waals surface area contributed by atoms with Gasteiger partial charge in [0.2, 0.25) is 0 Å². The molecular weight excluding hydrogens is 260 g/mol. The molecule has 1 saturated carbocycles. The monoisotopic (exact) mass is 272 g/mol. The molecule has 4 nitrogen and oxygen atoms in total. The number of aliphatic carboxylic acids is 1. The molecule has 1 aromatic heterocycles. The van der Waals surface area contributed by atoms with Crippen molar-refractivity contribution < 1.29 is 9.90 Å². The number of carbonyl (C=O) groups is 1. The zero-order valence-corrected chi connectivity index (χ0v) is 9.85. The van der Waals surface area contributed by atoms with Crippen LogP contribution in [0, 0.1) is 5.92 Å². The maximum Gasteiger partial charge on any atom is 0.306 e. The molecule has 0 bridgehead atoms. The van der Waals surface area contributed by atoms with Crippen LogP contribution in [0.15, 0.2) is 16.9 Å². The fourth-order valence-corrected chi connectivity index (χ4v) is 2.40. The van der Waals surface area contributed by atoms with E-state index in [0.29, 0.717) is 6.04 Å². The number of hydrogen-bond donors (Lipinski definition) is 1. The predicted octanol–water partition coefficient (Wildman–Crippen LogP) is 2.46. The first-order valence-corrected chi connectivity index (χ1v) is 5.88. The molecule has 2 rings (SSSR count). The second kappa shape index (κ2) is 4.35. The van der Waals surface area contributed by atoms with Gasteiger partial charge in [-0.3, -0.25) is 9.48 Å². The molecule has 0 amide bonds. The summed E-state index contributed by atoms with van der Waals surface area (Å²) in [7, 11) is 0. The molecule has 5 heteroatoms. The zero-order valence-electron chi connectivity index (χ0n) is 8.27. The Balaban J connectivity index is 1.96. The minimum absolute atomic E-state index is 0.153. The van der Waals surface area contributed by atoms with Crippen LogP contribution in [-0.2, 0) is 4.79 Å². The van der Waals surface area contributed by atoms with Crippen LogP contribution in [0.5, 0.6) is 0 Å². The van der Waals surface area contributed by atoms with Gasteiger partial charge in [-0.2, -0.15) is 5.10 Å². The summed E-state index contributed by atoms with van der Waals surface area (Å²) in [6.45, 7) is 0. The Morgan fingerprint density at radius 1 is 1.47 bits per heavy atom. The maximum absolute atomic E-state index is 10.8. The minimum atomic E-state index is -0.657. The summed E-state index contributed by atoms with van der Waals surface area (Å²) in [5, 5.41) is 13.1. The summed E-state index contributed by atoms with van der Waals surface area (Å²) in [5.74, 6) is -0.810. The van der Waals surface area contributed by atoms with E-state index in [9.17, 15) is 4.79 Å². The third-order valence-corrected chi connectivity index (χ3v) is 3.40. The lowest BCUT2D eigenvalue weighted by molar-refractivity contribution is -0.143. The fraction of sp³-hybridized carbons (Fsp3) is 0.600. The third kappa shape index (κ3) is 2.40. The summed E-state index contributed by atoms with van der Waals surface area (Å²) >= 11 is 3.36. The van der Waals surface area contributed by atoms with E-state index in [1.165, 1.54) is 0 Å². The van der Waals surface area contributed by atoms with E-state index < -0.39 is 5.97 Å². The zero-order chi connectivity index (χ0) is 10.8. The van der Waals surface area contributed by atoms with Gasteiger partial charge in [0.1, 0.15) is 0 Å². The van der Waals surface area contributed by atoms with Crippen molar-refractivity contribution in [2.24, 2.45) is 5.92 Å². The molecule has 1 aliphatic rings. The van der Waals surface area contributed by atoms with Gasteiger partial charge in [-0.15, -0.1) is 0 Å². The molecule has 0 atom stereocenters. The van der Waals surface area contributed by atoms with Crippen LogP contribution < -0.4 is 0 Å². The molecule has 1 aliphatic carbocycles. The van der Waals surface area contributed by atoms with Crippen molar-refractivity contribution in [2.75, 3.05) is 0 Å². The minimum Gasteiger partial charge on any atom is -0.481 e. The highest BCUT2D eigenvalue weighted by atomic mass is 79.9. The lowest BCUT2D eigenvalue weighted by atomic mass is 9.86. The van der Waals surface area contributed by atoms with E-state index in [-0.39, 0.29) is 5.92 Å². The van der Waals surface area contributed by atoms with Gasteiger partial charge < -0.3 is 5.11 Å². The van der Waals surface area contributed by atoms with E-state index >= 15 is 0 Å². The molecule has 82 valence electrons. The van der Waals surface area contributed by atoms with Gasteiger partial charge in [0.15, 0.2) is 0 Å². The van der Waals surface area contributed by atoms with Crippen molar-refractivity contribution in [3.8, 4) is 0 Å². The van der Waals surface area contributed by atoms with Crippen LogP contribution >= 0.6 is 15.9 Å². The number of halogens is 1. The molecule has 0 unspecified atom stereocenters. The maximum atomic E-state index is 10.8. The molecule has 0 saturated heterocycles. The third-order valence-electron chi connectivity index (χ3n) is 2.99. The highest BCUT2D eigenvalue weighted by Gasteiger charge is 2.26. The second-order valence-electron chi connectivity index (χ2n) is 3.98. The Hall–Kier alpha value is -0.840. The number of carboxylic acids is 1. The van der Waals surface area contributed by atoms with Gasteiger partial charge in [0, 0.05) is 6.20 Å². The Bertz CT molecular complexity index is 356. The molecule has 0 aromatic carbocycles. The van der Waals surface area contributed by atoms with Crippen LogP contribution in [0.25, 0.3) is 0 Å². The standard InChI is InChI=1S/C10H13BrN2O2/c11-8-5-12-13(6-8)9-3-1-7(2-4-9)10(14)15/h5-7,9H,1-4H2,(H,14,15). The van der Waals surface area contributed by atoms with Crippen LogP contribution in [0.2, 0.25) is 0 Å². The number of rotatable bonds is 2. The van der Waals surface area contributed by atoms with E-state index in [0.717, 1.165) is 30.2 Å². The van der Waals surface area contributed by atoms with Crippen LogP contribution in [0.4, 0.5) is 0 Å². The Kier molecular flexibility index (Phi) is 3.09. The normalized spacial score (nSPS) is 26.5. The largest absolute Gasteiger partial charge is 0.481 e. The summed E-state index contributed by atoms with van der Waals surface area (Å²) in [4.78, 5) is 10.8. The first-order chi connectivity index (χ1) is 7.16. The van der Waals surface area contributed by atoms with Crippen molar-refractivity contribution in [1.29, 1.82) is 0 Å². The SMILES string of the molecule is O=C(O)C1CCC(n2cc(Br)cn2)CC1. The molecule has 1 aromatic rings. The second-order valence-corrected chi connectivity index (χ2v) is 4.90. The molecule has 0 aliphatic heterocycles. The van der Waals surface area contributed by atoms with E-state index in [4.69, 9.17) is 5.11 Å². The smallest absolute Gasteiger partial charge is 0.306 e. The van der Waals surface area contributed by atoms with E-state index in [1.807, 2.05) is 10.9 Å². The Labute approximate surface area is 96.4 Å². The van der Waals surface area contributed by atoms with Crippen molar-refractivity contribution in [3.05, 3.63) is 16.9 Å². The van der Waals surface area contributed by atoms with Gasteiger partial charge in [-0.1, -0.05) is 0 Å². The first kappa shape index (κ1) is 10.7. The molecule has 1 fully saturated rings. The van der Waals surface area contributed by atoms with Gasteiger partial charge in [-0.05, 0) is 41.6 Å². The number of hydrogen-bond acceptors (Lipinski definition) is 2. The van der Waals surface area contributed by atoms with Crippen LogP contribution in [-0.4, -0.2) is 20.9 Å². The predicted molar refractivity (Wildman–Crippen MR) is 58.6 cm³/mol. The average molecular weight is 273 g/mol. The lowest BCUT2D eigenvalue weighted by Crippen LogP contribution is -2.23. The van der Waals surface area contributed by atoms with Crippen LogP contribution in [0.3, 0.4) is 0 Å². The number of carboxylic acid groups (broad SMARTS) is 1. The van der Waals surface area contributed by atoms with Crippen LogP contribution in [0.1, 0.15) is 31.7 Å². The van der Waals surface area contributed by atoms with E-state index in [2.05, 4.69) is 21.0 Å². The Morgan fingerprint density at radius 3 is 2.60 bits per heavy atom. The van der Waals surface area contributed by atoms with E-state index in [1.54, 1.807) is 6.20 Å². The topological polar surface area (TPSA) is 55.1 Å². The molecule has 15 heavy (non-hydrogen) atoms. The fourth-order valence-electron chi connectivity index (χ4n) is 2.10. The molecular formula is C10H13BrN2O2. The Morgan fingerprint density at radius 2 is 2.13 bits per heavy atom. The summed E-state index contributed by atoms with van der Waals surface area (Å²) in [5.41, 5.74) is 0. The first-order valence-electron chi connectivity index (χ1n) is 5.09. The molecule has 1 heterocycles. The van der Waals surface area contributed by atoms with Crippen molar-refractivity contribution >= 4 is 21.9 Å². The summed E-state index contributed by atoms with van der Waals surface area (Å²) in [6, 6.07) is 0.367. The van der Waals surface area contributed by atoms with Gasteiger partial charge in [0.25, 0.3) is 0 Å². The molecule has 0 radical (unpaired) electrons. The number of aromatic nitrogens is 2. The van der Waals surface area contributed by atoms with Gasteiger partial charge >= 0.3 is 5.97 Å². The highest BCUT2D eigenvalue weighted by Crippen LogP contribution is 2.32. The van der Waals surface area contributed by atoms with Gasteiger partial charge in [0.05, 0.1) is 22.6 Å². The highest BCUT2D eigenvalue weighted by molar-refractivity contribution is 9.10. The molecule has 0 spiro atoms. The van der Waals surface area contributed by atoms with Crippen molar-refractivity contribution in [1.82, 2.24) is 9.78 Å². The van der Waals surface area contributed by atoms with Crippen molar-refractivity contribution in [3.63, 3.8) is 0 Å². The quantitative estimate of drug-likeness (QED) is 0.900. The van der Waals surface area contributed by atoms with Gasteiger partial charge in [-0.25, -0.2) is 0 Å². The van der Waals surface area contributed by atoms with Crippen molar-refractivity contribution in [2.45, 2.75) is 31.7 Å². The average Bonchev–Trinajstić information content (AvgIpc) is 2.65. The lowest BCUT2D eigenvalue weighted by Gasteiger charge is -2.26. The summed E-state index contributed by atoms with van der Waals surface area (Å²) in [6.07, 6.45) is 7.06. The number of nitrogens with zero attached hydrogens (tertiary/aromatic N) is 2. The molecule has 1 N–H and O–H groups in total. The summed E-state index contributed by atoms with van der Waals surface area (Å²) < 4.78 is 2.91.